The van der Waals surface area contributed by atoms with Gasteiger partial charge in [-0.05, 0) is 62.1 Å². The quantitative estimate of drug-likeness (QED) is 0.476. The van der Waals surface area contributed by atoms with E-state index in [1.165, 1.54) is 0 Å². The average Bonchev–Trinajstić information content (AvgIpc) is 2.80. The summed E-state index contributed by atoms with van der Waals surface area (Å²) in [6.45, 7) is 0. The minimum absolute atomic E-state index is 0.145. The lowest BCUT2D eigenvalue weighted by molar-refractivity contribution is 0.0921. The van der Waals surface area contributed by atoms with Crippen molar-refractivity contribution in [3.8, 4) is 0 Å². The van der Waals surface area contributed by atoms with Crippen molar-refractivity contribution in [3.63, 3.8) is 0 Å². The van der Waals surface area contributed by atoms with Gasteiger partial charge in [0.15, 0.2) is 0 Å². The highest BCUT2D eigenvalue weighted by Crippen LogP contribution is 2.28. The molecule has 6 nitrogen and oxygen atoms in total. The van der Waals surface area contributed by atoms with Crippen LogP contribution in [-0.4, -0.2) is 32.9 Å². The molecule has 31 heavy (non-hydrogen) atoms. The van der Waals surface area contributed by atoms with E-state index in [1.54, 1.807) is 12.4 Å². The summed E-state index contributed by atoms with van der Waals surface area (Å²) in [5, 5.41) is 8.53. The van der Waals surface area contributed by atoms with E-state index in [-0.39, 0.29) is 11.9 Å². The normalized spacial score (nSPS) is 18.7. The van der Waals surface area contributed by atoms with Crippen LogP contribution >= 0.6 is 11.6 Å². The van der Waals surface area contributed by atoms with Crippen LogP contribution in [0, 0.1) is 0 Å². The van der Waals surface area contributed by atoms with Gasteiger partial charge in [0.05, 0.1) is 22.7 Å². The number of nitrogens with zero attached hydrogens (tertiary/aromatic N) is 3. The van der Waals surface area contributed by atoms with Crippen LogP contribution in [0.1, 0.15) is 36.2 Å². The fraction of sp³-hybridized carbons (Fsp3) is 0.250. The largest absolute Gasteiger partial charge is 0.382 e. The Labute approximate surface area is 185 Å². The molecule has 2 aromatic carbocycles. The third-order valence-electron chi connectivity index (χ3n) is 5.81. The van der Waals surface area contributed by atoms with E-state index in [4.69, 9.17) is 11.6 Å². The summed E-state index contributed by atoms with van der Waals surface area (Å²) in [7, 11) is 0. The molecule has 0 bridgehead atoms. The Morgan fingerprint density at radius 2 is 1.68 bits per heavy atom. The number of halogens is 1. The molecule has 2 aromatic heterocycles. The highest BCUT2D eigenvalue weighted by atomic mass is 35.5. The number of carbonyl (C=O) groups excluding carboxylic acids is 1. The lowest BCUT2D eigenvalue weighted by Crippen LogP contribution is -2.40. The van der Waals surface area contributed by atoms with Crippen LogP contribution in [0.4, 0.5) is 5.69 Å². The molecular weight excluding hydrogens is 410 g/mol. The van der Waals surface area contributed by atoms with Crippen LogP contribution in [0.15, 0.2) is 60.9 Å². The van der Waals surface area contributed by atoms with Gasteiger partial charge in [-0.25, -0.2) is 4.98 Å². The fourth-order valence-corrected chi connectivity index (χ4v) is 4.34. The molecule has 0 radical (unpaired) electrons. The molecule has 0 saturated heterocycles. The van der Waals surface area contributed by atoms with Gasteiger partial charge in [-0.2, -0.15) is 0 Å². The molecule has 2 N–H and O–H groups in total. The van der Waals surface area contributed by atoms with Crippen LogP contribution in [0.5, 0.6) is 0 Å². The van der Waals surface area contributed by atoms with Crippen LogP contribution < -0.4 is 10.6 Å². The van der Waals surface area contributed by atoms with Crippen molar-refractivity contribution >= 4 is 45.1 Å². The molecule has 1 saturated carbocycles. The molecule has 4 aromatic rings. The zero-order valence-corrected chi connectivity index (χ0v) is 17.6. The van der Waals surface area contributed by atoms with E-state index in [0.29, 0.717) is 16.8 Å². The second-order valence-electron chi connectivity index (χ2n) is 7.93. The van der Waals surface area contributed by atoms with Crippen molar-refractivity contribution in [2.24, 2.45) is 0 Å². The number of anilines is 1. The van der Waals surface area contributed by atoms with E-state index in [2.05, 4.69) is 25.6 Å². The average molecular weight is 432 g/mol. The van der Waals surface area contributed by atoms with Crippen molar-refractivity contribution in [3.05, 3.63) is 71.6 Å². The summed E-state index contributed by atoms with van der Waals surface area (Å²) in [4.78, 5) is 25.8. The van der Waals surface area contributed by atoms with Gasteiger partial charge in [0, 0.05) is 34.4 Å². The van der Waals surface area contributed by atoms with Crippen molar-refractivity contribution in [2.45, 2.75) is 37.8 Å². The molecule has 0 spiro atoms. The number of carbonyl (C=O) groups is 1. The molecule has 1 aliphatic carbocycles. The molecule has 0 aliphatic heterocycles. The van der Waals surface area contributed by atoms with Gasteiger partial charge < -0.3 is 10.6 Å². The lowest BCUT2D eigenvalue weighted by atomic mass is 9.90. The van der Waals surface area contributed by atoms with Crippen LogP contribution in [-0.2, 0) is 0 Å². The standard InChI is InChI=1S/C24H22ClN5O/c25-15-5-10-18-19(11-12-26-22(18)13-15)28-16-6-8-17(9-7-16)29-24(31)23-14-27-20-3-1-2-4-21(20)30-23/h1-5,10-14,16-17H,6-9H2,(H,26,28)(H,29,31). The molecule has 1 amide bonds. The van der Waals surface area contributed by atoms with E-state index in [0.717, 1.165) is 53.3 Å². The first-order chi connectivity index (χ1) is 15.2. The first-order valence-electron chi connectivity index (χ1n) is 10.5. The van der Waals surface area contributed by atoms with E-state index in [9.17, 15) is 4.79 Å². The summed E-state index contributed by atoms with van der Waals surface area (Å²) in [6, 6.07) is 15.8. The minimum Gasteiger partial charge on any atom is -0.382 e. The number of aromatic nitrogens is 3. The number of amides is 1. The molecule has 156 valence electrons. The number of pyridine rings is 1. The fourth-order valence-electron chi connectivity index (χ4n) is 4.18. The number of hydrogen-bond acceptors (Lipinski definition) is 5. The smallest absolute Gasteiger partial charge is 0.271 e. The highest BCUT2D eigenvalue weighted by molar-refractivity contribution is 6.31. The Balaban J connectivity index is 1.20. The number of fused-ring (bicyclic) bond motifs is 2. The van der Waals surface area contributed by atoms with Crippen LogP contribution in [0.2, 0.25) is 5.02 Å². The Morgan fingerprint density at radius 3 is 2.52 bits per heavy atom. The van der Waals surface area contributed by atoms with Gasteiger partial charge in [-0.1, -0.05) is 23.7 Å². The third kappa shape index (κ3) is 4.30. The zero-order valence-electron chi connectivity index (χ0n) is 16.9. The van der Waals surface area contributed by atoms with Crippen LogP contribution in [0.25, 0.3) is 21.9 Å². The van der Waals surface area contributed by atoms with Gasteiger partial charge in [-0.3, -0.25) is 14.8 Å². The molecule has 1 aliphatic rings. The Hall–Kier alpha value is -3.25. The summed E-state index contributed by atoms with van der Waals surface area (Å²) in [5.74, 6) is -0.160. The first-order valence-corrected chi connectivity index (χ1v) is 10.9. The van der Waals surface area contributed by atoms with Gasteiger partial charge in [0.2, 0.25) is 0 Å². The zero-order chi connectivity index (χ0) is 21.2. The number of nitrogens with one attached hydrogen (secondary N) is 2. The van der Waals surface area contributed by atoms with Gasteiger partial charge >= 0.3 is 0 Å². The number of hydrogen-bond donors (Lipinski definition) is 2. The SMILES string of the molecule is O=C(NC1CCC(Nc2ccnc3cc(Cl)ccc23)CC1)c1cnc2ccccc2n1. The topological polar surface area (TPSA) is 79.8 Å². The number of benzene rings is 2. The Bertz CT molecular complexity index is 1250. The van der Waals surface area contributed by atoms with Gasteiger partial charge in [-0.15, -0.1) is 0 Å². The second kappa shape index (κ2) is 8.47. The highest BCUT2D eigenvalue weighted by Gasteiger charge is 2.23. The second-order valence-corrected chi connectivity index (χ2v) is 8.37. The Kier molecular flexibility index (Phi) is 5.38. The third-order valence-corrected chi connectivity index (χ3v) is 6.04. The lowest BCUT2D eigenvalue weighted by Gasteiger charge is -2.30. The molecular formula is C24H22ClN5O. The first kappa shape index (κ1) is 19.7. The number of para-hydroxylation sites is 2. The summed E-state index contributed by atoms with van der Waals surface area (Å²) in [6.07, 6.45) is 7.14. The van der Waals surface area contributed by atoms with E-state index in [1.807, 2.05) is 48.5 Å². The minimum atomic E-state index is -0.160. The van der Waals surface area contributed by atoms with E-state index < -0.39 is 0 Å². The molecule has 1 fully saturated rings. The monoisotopic (exact) mass is 431 g/mol. The van der Waals surface area contributed by atoms with Crippen LogP contribution in [0.3, 0.4) is 0 Å². The van der Waals surface area contributed by atoms with Crippen molar-refractivity contribution < 1.29 is 4.79 Å². The summed E-state index contributed by atoms with van der Waals surface area (Å²) >= 11 is 6.09. The molecule has 7 heteroatoms. The molecule has 0 unspecified atom stereocenters. The maximum absolute atomic E-state index is 12.7. The molecule has 2 heterocycles. The molecule has 0 atom stereocenters. The van der Waals surface area contributed by atoms with Crippen molar-refractivity contribution in [1.82, 2.24) is 20.3 Å². The van der Waals surface area contributed by atoms with Crippen molar-refractivity contribution in [2.75, 3.05) is 5.32 Å². The number of rotatable bonds is 4. The van der Waals surface area contributed by atoms with Gasteiger partial charge in [0.25, 0.3) is 5.91 Å². The van der Waals surface area contributed by atoms with E-state index >= 15 is 0 Å². The van der Waals surface area contributed by atoms with Gasteiger partial charge in [0.1, 0.15) is 5.69 Å². The summed E-state index contributed by atoms with van der Waals surface area (Å²) < 4.78 is 0. The maximum Gasteiger partial charge on any atom is 0.271 e. The Morgan fingerprint density at radius 1 is 0.903 bits per heavy atom. The summed E-state index contributed by atoms with van der Waals surface area (Å²) in [5.41, 5.74) is 3.84. The maximum atomic E-state index is 12.7. The predicted molar refractivity (Wildman–Crippen MR) is 123 cm³/mol. The van der Waals surface area contributed by atoms with Crippen molar-refractivity contribution in [1.29, 1.82) is 0 Å². The molecule has 5 rings (SSSR count). The predicted octanol–water partition coefficient (Wildman–Crippen LogP) is 4.98.